The van der Waals surface area contributed by atoms with Gasteiger partial charge in [0.15, 0.2) is 0 Å². The van der Waals surface area contributed by atoms with E-state index in [1.54, 1.807) is 0 Å². The fraction of sp³-hybridized carbons (Fsp3) is 0.462. The Bertz CT molecular complexity index is 925. The van der Waals surface area contributed by atoms with Crippen molar-refractivity contribution in [2.24, 2.45) is 5.92 Å². The third kappa shape index (κ3) is 5.49. The average Bonchev–Trinajstić information content (AvgIpc) is 3.45. The summed E-state index contributed by atoms with van der Waals surface area (Å²) >= 11 is 0. The van der Waals surface area contributed by atoms with Crippen LogP contribution in [0.3, 0.4) is 0 Å². The van der Waals surface area contributed by atoms with Crippen LogP contribution in [0.25, 0.3) is 0 Å². The molecule has 6 nitrogen and oxygen atoms in total. The maximum absolute atomic E-state index is 13.0. The van der Waals surface area contributed by atoms with Gasteiger partial charge in [-0.15, -0.1) is 0 Å². The van der Waals surface area contributed by atoms with E-state index in [9.17, 15) is 9.59 Å². The number of amides is 2. The Morgan fingerprint density at radius 2 is 1.88 bits per heavy atom. The fourth-order valence-electron chi connectivity index (χ4n) is 4.43. The summed E-state index contributed by atoms with van der Waals surface area (Å²) in [6, 6.07) is 15.9. The second kappa shape index (κ2) is 10.6. The molecule has 1 heterocycles. The molecule has 6 heteroatoms. The van der Waals surface area contributed by atoms with Crippen molar-refractivity contribution in [3.05, 3.63) is 59.7 Å². The summed E-state index contributed by atoms with van der Waals surface area (Å²) in [5.74, 6) is 0.198. The minimum absolute atomic E-state index is 0.00787. The first-order valence-electron chi connectivity index (χ1n) is 11.8. The molecule has 0 bridgehead atoms. The number of carbonyl (C=O) groups is 2. The summed E-state index contributed by atoms with van der Waals surface area (Å²) in [7, 11) is 0. The van der Waals surface area contributed by atoms with Gasteiger partial charge in [-0.2, -0.15) is 0 Å². The first-order valence-corrected chi connectivity index (χ1v) is 11.8. The standard InChI is InChI=1S/C26H33N3O3/c1-2-32-16-8-13-27-25(30)23-17-20(11-12-24(23)29-14-6-7-15-29)28-26(31)22-18-21(22)19-9-4-3-5-10-19/h3-5,9-12,17,21-22H,2,6-8,13-16,18H2,1H3,(H,27,30)(H,28,31). The molecule has 0 radical (unpaired) electrons. The van der Waals surface area contributed by atoms with Gasteiger partial charge in [0.05, 0.1) is 5.56 Å². The van der Waals surface area contributed by atoms with Crippen molar-refractivity contribution in [3.8, 4) is 0 Å². The van der Waals surface area contributed by atoms with Gasteiger partial charge in [-0.05, 0) is 62.3 Å². The lowest BCUT2D eigenvalue weighted by molar-refractivity contribution is -0.117. The van der Waals surface area contributed by atoms with Gasteiger partial charge in [-0.3, -0.25) is 9.59 Å². The number of hydrogen-bond acceptors (Lipinski definition) is 4. The number of carbonyl (C=O) groups excluding carboxylic acids is 2. The molecular weight excluding hydrogens is 402 g/mol. The third-order valence-corrected chi connectivity index (χ3v) is 6.27. The van der Waals surface area contributed by atoms with E-state index < -0.39 is 0 Å². The molecule has 4 rings (SSSR count). The molecule has 2 unspecified atom stereocenters. The Morgan fingerprint density at radius 1 is 1.09 bits per heavy atom. The van der Waals surface area contributed by atoms with Gasteiger partial charge in [-0.1, -0.05) is 30.3 Å². The molecular formula is C26H33N3O3. The van der Waals surface area contributed by atoms with Crippen molar-refractivity contribution >= 4 is 23.2 Å². The molecule has 2 aromatic carbocycles. The van der Waals surface area contributed by atoms with Gasteiger partial charge in [0.2, 0.25) is 5.91 Å². The molecule has 2 aromatic rings. The zero-order valence-corrected chi connectivity index (χ0v) is 18.8. The van der Waals surface area contributed by atoms with Crippen molar-refractivity contribution in [1.82, 2.24) is 5.32 Å². The Hall–Kier alpha value is -2.86. The molecule has 2 fully saturated rings. The van der Waals surface area contributed by atoms with Crippen molar-refractivity contribution < 1.29 is 14.3 Å². The van der Waals surface area contributed by atoms with Crippen LogP contribution >= 0.6 is 0 Å². The average molecular weight is 436 g/mol. The normalized spacial score (nSPS) is 19.6. The Kier molecular flexibility index (Phi) is 7.43. The lowest BCUT2D eigenvalue weighted by Crippen LogP contribution is -2.29. The van der Waals surface area contributed by atoms with E-state index in [1.165, 1.54) is 5.56 Å². The highest BCUT2D eigenvalue weighted by Gasteiger charge is 2.43. The molecule has 32 heavy (non-hydrogen) atoms. The molecule has 0 spiro atoms. The number of anilines is 2. The molecule has 2 N–H and O–H groups in total. The highest BCUT2D eigenvalue weighted by molar-refractivity contribution is 6.02. The van der Waals surface area contributed by atoms with Crippen molar-refractivity contribution in [2.75, 3.05) is 43.1 Å². The summed E-state index contributed by atoms with van der Waals surface area (Å²) in [5, 5.41) is 6.05. The maximum atomic E-state index is 13.0. The monoisotopic (exact) mass is 435 g/mol. The summed E-state index contributed by atoms with van der Waals surface area (Å²) in [6.45, 7) is 5.76. The molecule has 1 saturated carbocycles. The summed E-state index contributed by atoms with van der Waals surface area (Å²) in [6.07, 6.45) is 3.92. The van der Waals surface area contributed by atoms with Gasteiger partial charge in [-0.25, -0.2) is 0 Å². The molecule has 170 valence electrons. The van der Waals surface area contributed by atoms with E-state index in [4.69, 9.17) is 4.74 Å². The van der Waals surface area contributed by atoms with Crippen LogP contribution in [-0.2, 0) is 9.53 Å². The van der Waals surface area contributed by atoms with Gasteiger partial charge in [0, 0.05) is 50.1 Å². The molecule has 1 aliphatic heterocycles. The molecule has 1 aliphatic carbocycles. The van der Waals surface area contributed by atoms with E-state index in [1.807, 2.05) is 43.3 Å². The van der Waals surface area contributed by atoms with Gasteiger partial charge >= 0.3 is 0 Å². The highest BCUT2D eigenvalue weighted by Crippen LogP contribution is 2.48. The van der Waals surface area contributed by atoms with Crippen LogP contribution in [0.5, 0.6) is 0 Å². The van der Waals surface area contributed by atoms with Gasteiger partial charge < -0.3 is 20.3 Å². The van der Waals surface area contributed by atoms with Crippen molar-refractivity contribution in [1.29, 1.82) is 0 Å². The smallest absolute Gasteiger partial charge is 0.253 e. The Balaban J connectivity index is 1.43. The minimum Gasteiger partial charge on any atom is -0.382 e. The quantitative estimate of drug-likeness (QED) is 0.549. The lowest BCUT2D eigenvalue weighted by atomic mass is 10.1. The van der Waals surface area contributed by atoms with Crippen LogP contribution in [0.4, 0.5) is 11.4 Å². The number of ether oxygens (including phenoxy) is 1. The Morgan fingerprint density at radius 3 is 2.62 bits per heavy atom. The first-order chi connectivity index (χ1) is 15.7. The van der Waals surface area contributed by atoms with Crippen LogP contribution in [-0.4, -0.2) is 44.7 Å². The summed E-state index contributed by atoms with van der Waals surface area (Å²) in [4.78, 5) is 28.1. The van der Waals surface area contributed by atoms with Crippen LogP contribution in [0.2, 0.25) is 0 Å². The highest BCUT2D eigenvalue weighted by atomic mass is 16.5. The molecule has 2 aliphatic rings. The SMILES string of the molecule is CCOCCCNC(=O)c1cc(NC(=O)C2CC2c2ccccc2)ccc1N1CCCC1. The predicted molar refractivity (Wildman–Crippen MR) is 127 cm³/mol. The van der Waals surface area contributed by atoms with Crippen LogP contribution in [0, 0.1) is 5.92 Å². The number of benzene rings is 2. The maximum Gasteiger partial charge on any atom is 0.253 e. The molecule has 2 amide bonds. The number of nitrogens with one attached hydrogen (secondary N) is 2. The first kappa shape index (κ1) is 22.3. The Labute approximate surface area is 190 Å². The molecule has 2 atom stereocenters. The zero-order valence-electron chi connectivity index (χ0n) is 18.8. The summed E-state index contributed by atoms with van der Waals surface area (Å²) < 4.78 is 5.35. The zero-order chi connectivity index (χ0) is 22.3. The van der Waals surface area contributed by atoms with E-state index in [0.29, 0.717) is 31.0 Å². The predicted octanol–water partition coefficient (Wildman–Crippen LogP) is 4.19. The van der Waals surface area contributed by atoms with Crippen LogP contribution < -0.4 is 15.5 Å². The van der Waals surface area contributed by atoms with E-state index in [-0.39, 0.29) is 23.7 Å². The van der Waals surface area contributed by atoms with E-state index >= 15 is 0 Å². The molecule has 0 aromatic heterocycles. The summed E-state index contributed by atoms with van der Waals surface area (Å²) in [5.41, 5.74) is 3.45. The second-order valence-corrected chi connectivity index (χ2v) is 8.58. The van der Waals surface area contributed by atoms with Crippen LogP contribution in [0.15, 0.2) is 48.5 Å². The van der Waals surface area contributed by atoms with Gasteiger partial charge in [0.25, 0.3) is 5.91 Å². The van der Waals surface area contributed by atoms with Crippen molar-refractivity contribution in [2.45, 2.75) is 38.5 Å². The largest absolute Gasteiger partial charge is 0.382 e. The van der Waals surface area contributed by atoms with E-state index in [0.717, 1.165) is 44.5 Å². The van der Waals surface area contributed by atoms with Crippen LogP contribution in [0.1, 0.15) is 54.4 Å². The number of hydrogen-bond donors (Lipinski definition) is 2. The second-order valence-electron chi connectivity index (χ2n) is 8.58. The third-order valence-electron chi connectivity index (χ3n) is 6.27. The minimum atomic E-state index is -0.104. The lowest BCUT2D eigenvalue weighted by Gasteiger charge is -2.22. The van der Waals surface area contributed by atoms with E-state index in [2.05, 4.69) is 27.7 Å². The molecule has 1 saturated heterocycles. The fourth-order valence-corrected chi connectivity index (χ4v) is 4.43. The number of nitrogens with zero attached hydrogens (tertiary/aromatic N) is 1. The van der Waals surface area contributed by atoms with Crippen molar-refractivity contribution in [3.63, 3.8) is 0 Å². The number of rotatable bonds is 10. The topological polar surface area (TPSA) is 70.7 Å². The van der Waals surface area contributed by atoms with Gasteiger partial charge in [0.1, 0.15) is 0 Å².